The van der Waals surface area contributed by atoms with Crippen LogP contribution in [0.2, 0.25) is 0 Å². The number of allylic oxidation sites excluding steroid dienone is 4. The number of hydrogen-bond donors (Lipinski definition) is 2. The lowest BCUT2D eigenvalue weighted by Gasteiger charge is -1.91. The van der Waals surface area contributed by atoms with Gasteiger partial charge in [0.15, 0.2) is 0 Å². The summed E-state index contributed by atoms with van der Waals surface area (Å²) in [4.78, 5) is 0. The fraction of sp³-hybridized carbons (Fsp3) is 0.143. The lowest BCUT2D eigenvalue weighted by Crippen LogP contribution is -2.48. The molecule has 0 aliphatic rings. The predicted molar refractivity (Wildman–Crippen MR) is 47.0 cm³/mol. The predicted octanol–water partition coefficient (Wildman–Crippen LogP) is 0.883. The second kappa shape index (κ2) is 4.30. The molecule has 0 aliphatic heterocycles. The van der Waals surface area contributed by atoms with E-state index in [9.17, 15) is 0 Å². The zero-order valence-electron chi connectivity index (χ0n) is 6.02. The van der Waals surface area contributed by atoms with E-state index in [4.69, 9.17) is 5.73 Å². The van der Waals surface area contributed by atoms with Crippen molar-refractivity contribution in [1.29, 1.82) is 0 Å². The van der Waals surface area contributed by atoms with Crippen molar-refractivity contribution in [1.82, 2.24) is 0 Å². The molecule has 5 N–H and O–H groups in total. The number of quaternary nitrogens is 1. The summed E-state index contributed by atoms with van der Waals surface area (Å²) in [5.74, 6) is 0. The van der Waals surface area contributed by atoms with Gasteiger partial charge >= 0.3 is 0 Å². The van der Waals surface area contributed by atoms with Crippen molar-refractivity contribution in [2.75, 3.05) is 0 Å². The van der Waals surface area contributed by atoms with Crippen LogP contribution in [0.5, 0.6) is 0 Å². The van der Waals surface area contributed by atoms with E-state index in [1.807, 2.05) is 13.0 Å². The number of halogens is 1. The van der Waals surface area contributed by atoms with Gasteiger partial charge in [-0.25, -0.2) is 0 Å². The first-order valence-electron chi connectivity index (χ1n) is 2.86. The molecule has 0 unspecified atom stereocenters. The van der Waals surface area contributed by atoms with Gasteiger partial charge < -0.3 is 11.5 Å². The summed E-state index contributed by atoms with van der Waals surface area (Å²) >= 11 is 3.26. The quantitative estimate of drug-likeness (QED) is 0.644. The average Bonchev–Trinajstić information content (AvgIpc) is 1.87. The zero-order valence-corrected chi connectivity index (χ0v) is 7.61. The van der Waals surface area contributed by atoms with E-state index in [1.54, 1.807) is 6.08 Å². The molecule has 0 bridgehead atoms. The van der Waals surface area contributed by atoms with Crippen LogP contribution in [0, 0.1) is 0 Å². The topological polar surface area (TPSA) is 53.7 Å². The Bertz CT molecular complexity index is 188. The number of nitrogens with two attached hydrogens (primary N) is 1. The van der Waals surface area contributed by atoms with Crippen LogP contribution in [0.25, 0.3) is 0 Å². The van der Waals surface area contributed by atoms with Crippen molar-refractivity contribution in [3.05, 3.63) is 34.6 Å². The minimum absolute atomic E-state index is 0.721. The van der Waals surface area contributed by atoms with Crippen LogP contribution in [-0.4, -0.2) is 0 Å². The minimum atomic E-state index is 0.721. The largest absolute Gasteiger partial charge is 0.397 e. The van der Waals surface area contributed by atoms with Crippen molar-refractivity contribution in [3.8, 4) is 0 Å². The van der Waals surface area contributed by atoms with Gasteiger partial charge in [0.25, 0.3) is 0 Å². The summed E-state index contributed by atoms with van der Waals surface area (Å²) < 4.78 is 0.891. The minimum Gasteiger partial charge on any atom is -0.397 e. The SMILES string of the molecule is C=CC(Br)=CC([NH3+])=C(C)N. The van der Waals surface area contributed by atoms with Gasteiger partial charge in [-0.2, -0.15) is 0 Å². The molecule has 0 fully saturated rings. The van der Waals surface area contributed by atoms with Crippen LogP contribution >= 0.6 is 15.9 Å². The Morgan fingerprint density at radius 1 is 1.70 bits per heavy atom. The first-order chi connectivity index (χ1) is 4.57. The molecule has 0 aromatic carbocycles. The first kappa shape index (κ1) is 9.46. The van der Waals surface area contributed by atoms with Gasteiger partial charge in [0.05, 0.1) is 5.70 Å². The zero-order chi connectivity index (χ0) is 8.15. The van der Waals surface area contributed by atoms with Crippen molar-refractivity contribution in [2.24, 2.45) is 5.73 Å². The second-order valence-electron chi connectivity index (χ2n) is 1.94. The molecule has 56 valence electrons. The van der Waals surface area contributed by atoms with Crippen molar-refractivity contribution in [3.63, 3.8) is 0 Å². The first-order valence-corrected chi connectivity index (χ1v) is 3.65. The molecule has 0 rings (SSSR count). The molecule has 10 heavy (non-hydrogen) atoms. The highest BCUT2D eigenvalue weighted by atomic mass is 79.9. The summed E-state index contributed by atoms with van der Waals surface area (Å²) in [6.07, 6.45) is 3.51. The number of rotatable bonds is 2. The van der Waals surface area contributed by atoms with Gasteiger partial charge in [0, 0.05) is 10.6 Å². The molecule has 2 nitrogen and oxygen atoms in total. The molecule has 0 radical (unpaired) electrons. The molecule has 0 aromatic rings. The third-order valence-corrected chi connectivity index (χ3v) is 1.57. The second-order valence-corrected chi connectivity index (χ2v) is 2.86. The van der Waals surface area contributed by atoms with Crippen LogP contribution in [0.15, 0.2) is 34.6 Å². The lowest BCUT2D eigenvalue weighted by molar-refractivity contribution is -0.296. The number of hydrogen-bond acceptors (Lipinski definition) is 1. The van der Waals surface area contributed by atoms with E-state index in [0.29, 0.717) is 0 Å². The maximum atomic E-state index is 5.46. The van der Waals surface area contributed by atoms with Gasteiger partial charge in [-0.15, -0.1) is 0 Å². The van der Waals surface area contributed by atoms with E-state index < -0.39 is 0 Å². The van der Waals surface area contributed by atoms with Gasteiger partial charge in [-0.05, 0) is 6.92 Å². The molecular formula is C7H12BrN2+. The smallest absolute Gasteiger partial charge is 0.147 e. The van der Waals surface area contributed by atoms with E-state index in [1.165, 1.54) is 0 Å². The van der Waals surface area contributed by atoms with Crippen molar-refractivity contribution < 1.29 is 5.73 Å². The molecule has 0 amide bonds. The van der Waals surface area contributed by atoms with Gasteiger partial charge in [0.1, 0.15) is 5.70 Å². The van der Waals surface area contributed by atoms with Crippen LogP contribution in [0.1, 0.15) is 6.92 Å². The summed E-state index contributed by atoms with van der Waals surface area (Å²) in [5.41, 5.74) is 10.7. The Morgan fingerprint density at radius 3 is 2.50 bits per heavy atom. The summed E-state index contributed by atoms with van der Waals surface area (Å²) in [6.45, 7) is 5.37. The molecule has 0 saturated heterocycles. The molecule has 0 spiro atoms. The highest BCUT2D eigenvalue weighted by Crippen LogP contribution is 2.06. The molecule has 0 aliphatic carbocycles. The van der Waals surface area contributed by atoms with Crippen LogP contribution < -0.4 is 11.5 Å². The van der Waals surface area contributed by atoms with Crippen LogP contribution in [-0.2, 0) is 0 Å². The Balaban J connectivity index is 4.42. The molecular weight excluding hydrogens is 192 g/mol. The van der Waals surface area contributed by atoms with E-state index in [-0.39, 0.29) is 0 Å². The van der Waals surface area contributed by atoms with Gasteiger partial charge in [-0.3, -0.25) is 0 Å². The molecule has 0 atom stereocenters. The lowest BCUT2D eigenvalue weighted by atomic mass is 10.3. The highest BCUT2D eigenvalue weighted by molar-refractivity contribution is 9.11. The molecule has 0 heterocycles. The van der Waals surface area contributed by atoms with E-state index >= 15 is 0 Å². The van der Waals surface area contributed by atoms with Gasteiger partial charge in [0.2, 0.25) is 0 Å². The van der Waals surface area contributed by atoms with E-state index in [2.05, 4.69) is 28.2 Å². The summed E-state index contributed by atoms with van der Waals surface area (Å²) in [7, 11) is 0. The summed E-state index contributed by atoms with van der Waals surface area (Å²) in [6, 6.07) is 0. The Labute approximate surface area is 69.4 Å². The van der Waals surface area contributed by atoms with Crippen LogP contribution in [0.4, 0.5) is 0 Å². The van der Waals surface area contributed by atoms with Crippen molar-refractivity contribution in [2.45, 2.75) is 6.92 Å². The molecule has 0 aromatic heterocycles. The third kappa shape index (κ3) is 3.48. The maximum Gasteiger partial charge on any atom is 0.147 e. The highest BCUT2D eigenvalue weighted by Gasteiger charge is 1.93. The Morgan fingerprint density at radius 2 is 2.20 bits per heavy atom. The van der Waals surface area contributed by atoms with Crippen LogP contribution in [0.3, 0.4) is 0 Å². The normalized spacial score (nSPS) is 14.5. The Hall–Kier alpha value is -0.540. The standard InChI is InChI=1S/C7H11BrN2/c1-3-6(8)4-7(10)5(2)9/h3-4H,1,9-10H2,2H3/p+1. The Kier molecular flexibility index (Phi) is 4.07. The third-order valence-electron chi connectivity index (χ3n) is 1.01. The molecule has 0 saturated carbocycles. The van der Waals surface area contributed by atoms with E-state index in [0.717, 1.165) is 15.9 Å². The average molecular weight is 204 g/mol. The molecule has 3 heteroatoms. The fourth-order valence-corrected chi connectivity index (χ4v) is 0.616. The maximum absolute atomic E-state index is 5.46. The summed E-state index contributed by atoms with van der Waals surface area (Å²) in [5, 5.41) is 0. The van der Waals surface area contributed by atoms with Crippen molar-refractivity contribution >= 4 is 15.9 Å². The van der Waals surface area contributed by atoms with Gasteiger partial charge in [-0.1, -0.05) is 28.6 Å². The monoisotopic (exact) mass is 203 g/mol. The fourth-order valence-electron chi connectivity index (χ4n) is 0.339.